The Balaban J connectivity index is 1.49. The number of hydrogen-bond acceptors (Lipinski definition) is 9. The number of carbonyl (C=O) groups excluding carboxylic acids is 2. The van der Waals surface area contributed by atoms with Crippen molar-refractivity contribution in [3.05, 3.63) is 30.3 Å². The summed E-state index contributed by atoms with van der Waals surface area (Å²) in [7, 11) is 1.37. The quantitative estimate of drug-likeness (QED) is 0.574. The minimum absolute atomic E-state index is 0.00280. The molecule has 138 valence electrons. The number of amides is 1. The lowest BCUT2D eigenvalue weighted by molar-refractivity contribution is -0.141. The number of aromatic nitrogens is 2. The summed E-state index contributed by atoms with van der Waals surface area (Å²) >= 11 is 4.30. The van der Waals surface area contributed by atoms with Crippen molar-refractivity contribution < 1.29 is 14.3 Å². The topological polar surface area (TPSA) is 84.4 Å². The number of ether oxygens (including phenoxy) is 1. The molecular formula is C16H18N4O3S3. The zero-order chi connectivity index (χ0) is 18.4. The third kappa shape index (κ3) is 5.12. The first-order chi connectivity index (χ1) is 12.7. The Kier molecular flexibility index (Phi) is 6.75. The Bertz CT molecular complexity index is 756. The average Bonchev–Trinajstić information content (AvgIpc) is 3.13. The Morgan fingerprint density at radius 3 is 2.92 bits per heavy atom. The number of nitrogens with one attached hydrogen (secondary N) is 1. The summed E-state index contributed by atoms with van der Waals surface area (Å²) in [6.45, 7) is 1.04. The van der Waals surface area contributed by atoms with E-state index in [1.54, 1.807) is 4.90 Å². The van der Waals surface area contributed by atoms with Gasteiger partial charge in [-0.1, -0.05) is 41.3 Å². The van der Waals surface area contributed by atoms with Gasteiger partial charge in [0.05, 0.1) is 12.9 Å². The molecule has 1 aliphatic heterocycles. The predicted octanol–water partition coefficient (Wildman–Crippen LogP) is 2.49. The Hall–Kier alpha value is -1.78. The van der Waals surface area contributed by atoms with Gasteiger partial charge in [-0.3, -0.25) is 9.59 Å². The second-order valence-corrected chi connectivity index (χ2v) is 8.89. The van der Waals surface area contributed by atoms with Crippen LogP contribution in [0.15, 0.2) is 34.7 Å². The third-order valence-corrected chi connectivity index (χ3v) is 6.75. The molecule has 26 heavy (non-hydrogen) atoms. The number of nitrogens with zero attached hydrogens (tertiary/aromatic N) is 3. The van der Waals surface area contributed by atoms with Gasteiger partial charge < -0.3 is 15.0 Å². The molecule has 1 aliphatic rings. The molecule has 10 heteroatoms. The first kappa shape index (κ1) is 19.0. The molecule has 1 aromatic carbocycles. The molecule has 1 aromatic heterocycles. The molecule has 1 atom stereocenters. The van der Waals surface area contributed by atoms with Crippen LogP contribution in [-0.4, -0.2) is 63.9 Å². The highest BCUT2D eigenvalue weighted by Crippen LogP contribution is 2.28. The number of hydrogen-bond donors (Lipinski definition) is 1. The predicted molar refractivity (Wildman–Crippen MR) is 105 cm³/mol. The molecule has 2 aromatic rings. The fourth-order valence-corrected chi connectivity index (χ4v) is 5.13. The van der Waals surface area contributed by atoms with Crippen molar-refractivity contribution in [3.63, 3.8) is 0 Å². The number of benzene rings is 1. The highest BCUT2D eigenvalue weighted by atomic mass is 32.2. The fraction of sp³-hybridized carbons (Fsp3) is 0.375. The van der Waals surface area contributed by atoms with E-state index in [0.29, 0.717) is 18.2 Å². The first-order valence-electron chi connectivity index (χ1n) is 7.91. The Labute approximate surface area is 163 Å². The third-order valence-electron chi connectivity index (χ3n) is 3.63. The van der Waals surface area contributed by atoms with Crippen LogP contribution in [0.4, 0.5) is 10.8 Å². The number of carbonyl (C=O) groups is 2. The van der Waals surface area contributed by atoms with Crippen molar-refractivity contribution in [2.75, 3.05) is 37.0 Å². The monoisotopic (exact) mass is 410 g/mol. The molecule has 0 saturated carbocycles. The van der Waals surface area contributed by atoms with E-state index in [2.05, 4.69) is 15.5 Å². The lowest BCUT2D eigenvalue weighted by atomic mass is 10.3. The van der Waals surface area contributed by atoms with E-state index in [1.165, 1.54) is 42.0 Å². The summed E-state index contributed by atoms with van der Waals surface area (Å²) in [5.41, 5.74) is 0.941. The van der Waals surface area contributed by atoms with Crippen LogP contribution in [0.5, 0.6) is 0 Å². The summed E-state index contributed by atoms with van der Waals surface area (Å²) < 4.78 is 5.50. The van der Waals surface area contributed by atoms with Crippen LogP contribution in [-0.2, 0) is 14.3 Å². The number of rotatable bonds is 6. The van der Waals surface area contributed by atoms with Gasteiger partial charge in [0.15, 0.2) is 4.34 Å². The van der Waals surface area contributed by atoms with Gasteiger partial charge in [0, 0.05) is 24.5 Å². The van der Waals surface area contributed by atoms with Crippen LogP contribution in [0.25, 0.3) is 0 Å². The molecule has 0 aliphatic carbocycles. The number of esters is 1. The van der Waals surface area contributed by atoms with Gasteiger partial charge in [-0.25, -0.2) is 0 Å². The van der Waals surface area contributed by atoms with E-state index in [9.17, 15) is 9.59 Å². The maximum absolute atomic E-state index is 12.4. The summed E-state index contributed by atoms with van der Waals surface area (Å²) in [6, 6.07) is 9.72. The molecule has 2 heterocycles. The van der Waals surface area contributed by atoms with Gasteiger partial charge in [0.1, 0.15) is 5.25 Å². The average molecular weight is 411 g/mol. The molecule has 1 saturated heterocycles. The van der Waals surface area contributed by atoms with Crippen LogP contribution in [0.1, 0.15) is 0 Å². The normalized spacial score (nSPS) is 17.0. The molecule has 7 nitrogen and oxygen atoms in total. The van der Waals surface area contributed by atoms with Gasteiger partial charge in [-0.05, 0) is 12.1 Å². The number of thioether (sulfide) groups is 2. The molecule has 0 radical (unpaired) electrons. The van der Waals surface area contributed by atoms with Gasteiger partial charge in [-0.2, -0.15) is 0 Å². The molecule has 1 fully saturated rings. The van der Waals surface area contributed by atoms with E-state index < -0.39 is 0 Å². The smallest absolute Gasteiger partial charge is 0.320 e. The van der Waals surface area contributed by atoms with E-state index >= 15 is 0 Å². The molecule has 1 N–H and O–H groups in total. The summed E-state index contributed by atoms with van der Waals surface area (Å²) in [5, 5.41) is 11.8. The molecular weight excluding hydrogens is 392 g/mol. The standard InChI is InChI=1S/C16H18N4O3S3/c1-23-14(22)12-9-20(7-8-24-12)13(21)10-25-16-19-18-15(26-16)17-11-5-3-2-4-6-11/h2-6,12H,7-10H2,1H3,(H,17,18)/t12-/m0/s1. The van der Waals surface area contributed by atoms with Crippen LogP contribution >= 0.6 is 34.9 Å². The molecule has 1 amide bonds. The SMILES string of the molecule is COC(=O)[C@@H]1CN(C(=O)CSc2nnc(Nc3ccccc3)s2)CCS1. The maximum Gasteiger partial charge on any atom is 0.320 e. The van der Waals surface area contributed by atoms with Crippen LogP contribution in [0.3, 0.4) is 0 Å². The zero-order valence-corrected chi connectivity index (χ0v) is 16.5. The highest BCUT2D eigenvalue weighted by Gasteiger charge is 2.29. The first-order valence-corrected chi connectivity index (χ1v) is 10.8. The van der Waals surface area contributed by atoms with Crippen LogP contribution < -0.4 is 5.32 Å². The zero-order valence-electron chi connectivity index (χ0n) is 14.1. The van der Waals surface area contributed by atoms with E-state index in [-0.39, 0.29) is 22.9 Å². The van der Waals surface area contributed by atoms with Crippen molar-refractivity contribution in [3.8, 4) is 0 Å². The maximum atomic E-state index is 12.4. The number of methoxy groups -OCH3 is 1. The van der Waals surface area contributed by atoms with Crippen molar-refractivity contribution in [2.24, 2.45) is 0 Å². The second-order valence-electron chi connectivity index (χ2n) is 5.38. The summed E-state index contributed by atoms with van der Waals surface area (Å²) in [6.07, 6.45) is 0. The Morgan fingerprint density at radius 2 is 2.15 bits per heavy atom. The molecule has 0 unspecified atom stereocenters. The van der Waals surface area contributed by atoms with E-state index in [4.69, 9.17) is 4.74 Å². The molecule has 0 bridgehead atoms. The summed E-state index contributed by atoms with van der Waals surface area (Å²) in [5.74, 6) is 0.733. The van der Waals surface area contributed by atoms with E-state index in [1.807, 2.05) is 30.3 Å². The summed E-state index contributed by atoms with van der Waals surface area (Å²) in [4.78, 5) is 25.8. The molecule has 3 rings (SSSR count). The second kappa shape index (κ2) is 9.24. The van der Waals surface area contributed by atoms with Crippen molar-refractivity contribution in [2.45, 2.75) is 9.59 Å². The van der Waals surface area contributed by atoms with Gasteiger partial charge >= 0.3 is 5.97 Å². The van der Waals surface area contributed by atoms with Crippen molar-refractivity contribution >= 4 is 57.6 Å². The number of para-hydroxylation sites is 1. The minimum atomic E-state index is -0.300. The largest absolute Gasteiger partial charge is 0.468 e. The van der Waals surface area contributed by atoms with Gasteiger partial charge in [0.2, 0.25) is 11.0 Å². The highest BCUT2D eigenvalue weighted by molar-refractivity contribution is 8.01. The lowest BCUT2D eigenvalue weighted by Gasteiger charge is -2.30. The van der Waals surface area contributed by atoms with Crippen molar-refractivity contribution in [1.82, 2.24) is 15.1 Å². The molecule has 0 spiro atoms. The number of anilines is 2. The van der Waals surface area contributed by atoms with Crippen molar-refractivity contribution in [1.29, 1.82) is 0 Å². The van der Waals surface area contributed by atoms with Crippen LogP contribution in [0, 0.1) is 0 Å². The minimum Gasteiger partial charge on any atom is -0.468 e. The van der Waals surface area contributed by atoms with Crippen LogP contribution in [0.2, 0.25) is 0 Å². The fourth-order valence-electron chi connectivity index (χ4n) is 2.33. The van der Waals surface area contributed by atoms with E-state index in [0.717, 1.165) is 15.8 Å². The van der Waals surface area contributed by atoms with Gasteiger partial charge in [-0.15, -0.1) is 22.0 Å². The Morgan fingerprint density at radius 1 is 1.35 bits per heavy atom. The lowest BCUT2D eigenvalue weighted by Crippen LogP contribution is -2.45. The van der Waals surface area contributed by atoms with Gasteiger partial charge in [0.25, 0.3) is 0 Å².